The van der Waals surface area contributed by atoms with Crippen LogP contribution in [-0.2, 0) is 31.7 Å². The molecule has 0 atom stereocenters. The fourth-order valence-corrected chi connectivity index (χ4v) is 1.91. The molecule has 22 heavy (non-hydrogen) atoms. The number of hydrogen-bond acceptors (Lipinski definition) is 6. The van der Waals surface area contributed by atoms with Crippen molar-refractivity contribution in [1.29, 1.82) is 0 Å². The summed E-state index contributed by atoms with van der Waals surface area (Å²) in [4.78, 5) is 28.0. The second kappa shape index (κ2) is 10.7. The minimum absolute atomic E-state index is 0. The van der Waals surface area contributed by atoms with Gasteiger partial charge in [0.1, 0.15) is 0 Å². The van der Waals surface area contributed by atoms with E-state index in [-0.39, 0.29) is 47.8 Å². The monoisotopic (exact) mass is 331 g/mol. The summed E-state index contributed by atoms with van der Waals surface area (Å²) in [6.07, 6.45) is 0. The molecule has 0 bridgehead atoms. The molecular weight excluding hydrogens is 313 g/mol. The molecule has 0 unspecified atom stereocenters. The van der Waals surface area contributed by atoms with Gasteiger partial charge in [-0.05, 0) is 32.4 Å². The predicted octanol–water partition coefficient (Wildman–Crippen LogP) is -0.682. The van der Waals surface area contributed by atoms with Crippen LogP contribution in [0.25, 0.3) is 0 Å². The van der Waals surface area contributed by atoms with Crippen LogP contribution in [0.4, 0.5) is 5.69 Å². The van der Waals surface area contributed by atoms with Crippen molar-refractivity contribution in [2.75, 3.05) is 13.2 Å². The van der Waals surface area contributed by atoms with Crippen LogP contribution in [0.5, 0.6) is 0 Å². The molecule has 7 heteroatoms. The average molecular weight is 331 g/mol. The molecule has 1 rings (SSSR count). The summed E-state index contributed by atoms with van der Waals surface area (Å²) in [5.74, 6) is -2.78. The van der Waals surface area contributed by atoms with Crippen molar-refractivity contribution in [3.8, 4) is 0 Å². The van der Waals surface area contributed by atoms with E-state index in [9.17, 15) is 9.59 Å². The maximum Gasteiger partial charge on any atom is 1.00 e. The molecule has 1 aromatic rings. The summed E-state index contributed by atoms with van der Waals surface area (Å²) in [6, 6.07) is 7.30. The minimum Gasteiger partial charge on any atom is -0.763 e. The standard InChI is InChI=1S/C15H19NO4S.Na/c1-4-19-14(17)12(15(18)20-5-2)13(21)16-11-9-7-6-8-10(11)3;/h6-9,12H,4-5H2,1-3H3,(H,16,21);/q;+1/p-1. The molecule has 0 N–H and O–H groups in total. The largest absolute Gasteiger partial charge is 1.00 e. The Hall–Kier alpha value is -0.950. The van der Waals surface area contributed by atoms with Crippen LogP contribution in [0.3, 0.4) is 0 Å². The third-order valence-electron chi connectivity index (χ3n) is 2.64. The van der Waals surface area contributed by atoms with Crippen LogP contribution in [0.2, 0.25) is 0 Å². The van der Waals surface area contributed by atoms with Crippen molar-refractivity contribution >= 4 is 35.3 Å². The number of benzene rings is 1. The molecule has 1 aromatic carbocycles. The van der Waals surface area contributed by atoms with Gasteiger partial charge in [-0.15, -0.1) is 0 Å². The molecule has 0 fully saturated rings. The van der Waals surface area contributed by atoms with Gasteiger partial charge >= 0.3 is 41.5 Å². The first-order valence-electron chi connectivity index (χ1n) is 6.65. The van der Waals surface area contributed by atoms with Crippen LogP contribution < -0.4 is 29.6 Å². The van der Waals surface area contributed by atoms with Gasteiger partial charge in [0, 0.05) is 0 Å². The summed E-state index contributed by atoms with van der Waals surface area (Å²) < 4.78 is 9.75. The Kier molecular flexibility index (Phi) is 10.3. The zero-order chi connectivity index (χ0) is 15.8. The zero-order valence-corrected chi connectivity index (χ0v) is 16.1. The molecule has 5 nitrogen and oxygen atoms in total. The fourth-order valence-electron chi connectivity index (χ4n) is 1.62. The number of esters is 2. The Balaban J connectivity index is 0.00000441. The first-order chi connectivity index (χ1) is 10.0. The van der Waals surface area contributed by atoms with E-state index in [2.05, 4.69) is 4.99 Å². The topological polar surface area (TPSA) is 65.0 Å². The van der Waals surface area contributed by atoms with Crippen LogP contribution in [0.1, 0.15) is 19.4 Å². The summed E-state index contributed by atoms with van der Waals surface area (Å²) in [6.45, 7) is 5.48. The summed E-state index contributed by atoms with van der Waals surface area (Å²) in [5.41, 5.74) is 1.51. The number of aliphatic imine (C=N–C) groups is 1. The van der Waals surface area contributed by atoms with E-state index in [0.717, 1.165) is 5.56 Å². The predicted molar refractivity (Wildman–Crippen MR) is 82.4 cm³/mol. The molecule has 0 aliphatic carbocycles. The number of rotatable bonds is 6. The molecule has 0 saturated carbocycles. The van der Waals surface area contributed by atoms with E-state index in [0.29, 0.717) is 5.69 Å². The molecule has 0 amide bonds. The van der Waals surface area contributed by atoms with E-state index in [4.69, 9.17) is 22.1 Å². The molecule has 0 spiro atoms. The molecule has 0 aromatic heterocycles. The maximum absolute atomic E-state index is 11.9. The van der Waals surface area contributed by atoms with Gasteiger partial charge in [-0.2, -0.15) is 0 Å². The minimum atomic E-state index is -1.31. The summed E-state index contributed by atoms with van der Waals surface area (Å²) in [5, 5.41) is -0.0544. The van der Waals surface area contributed by atoms with Crippen LogP contribution >= 0.6 is 0 Å². The smallest absolute Gasteiger partial charge is 0.763 e. The van der Waals surface area contributed by atoms with Gasteiger partial charge < -0.3 is 22.1 Å². The summed E-state index contributed by atoms with van der Waals surface area (Å²) in [7, 11) is 0. The van der Waals surface area contributed by atoms with Crippen molar-refractivity contribution in [3.63, 3.8) is 0 Å². The second-order valence-corrected chi connectivity index (χ2v) is 4.59. The van der Waals surface area contributed by atoms with Crippen molar-refractivity contribution in [2.24, 2.45) is 10.9 Å². The number of aryl methyl sites for hydroxylation is 1. The van der Waals surface area contributed by atoms with Crippen LogP contribution in [0.15, 0.2) is 29.3 Å². The Morgan fingerprint density at radius 2 is 1.64 bits per heavy atom. The van der Waals surface area contributed by atoms with E-state index in [1.54, 1.807) is 26.0 Å². The van der Waals surface area contributed by atoms with Gasteiger partial charge in [0.25, 0.3) is 0 Å². The van der Waals surface area contributed by atoms with Gasteiger partial charge in [0.15, 0.2) is 5.92 Å². The Bertz CT molecular complexity index is 530. The number of carbonyl (C=O) groups excluding carboxylic acids is 2. The van der Waals surface area contributed by atoms with Crippen molar-refractivity contribution in [2.45, 2.75) is 20.8 Å². The molecular formula is C15H18NNaO4S. The number of para-hydroxylation sites is 1. The van der Waals surface area contributed by atoms with Crippen molar-refractivity contribution in [1.82, 2.24) is 0 Å². The third-order valence-corrected chi connectivity index (χ3v) is 2.96. The molecule has 0 heterocycles. The van der Waals surface area contributed by atoms with Crippen molar-refractivity contribution < 1.29 is 48.6 Å². The summed E-state index contributed by atoms with van der Waals surface area (Å²) >= 11 is 5.13. The first-order valence-corrected chi connectivity index (χ1v) is 7.06. The first kappa shape index (κ1) is 21.0. The number of nitrogens with zero attached hydrogens (tertiary/aromatic N) is 1. The Morgan fingerprint density at radius 3 is 2.09 bits per heavy atom. The van der Waals surface area contributed by atoms with Gasteiger partial charge in [0.2, 0.25) is 0 Å². The van der Waals surface area contributed by atoms with Crippen molar-refractivity contribution in [3.05, 3.63) is 29.8 Å². The molecule has 0 radical (unpaired) electrons. The number of hydrogen-bond donors (Lipinski definition) is 0. The Morgan fingerprint density at radius 1 is 1.14 bits per heavy atom. The van der Waals surface area contributed by atoms with E-state index >= 15 is 0 Å². The molecule has 0 saturated heterocycles. The SMILES string of the molecule is CCOC(=O)C(C(=O)OCC)C([S-])=Nc1ccccc1C.[Na+]. The molecule has 0 aliphatic heterocycles. The third kappa shape index (κ3) is 6.04. The molecule has 114 valence electrons. The number of carbonyl (C=O) groups is 2. The van der Waals surface area contributed by atoms with Gasteiger partial charge in [-0.3, -0.25) is 14.6 Å². The number of ether oxygens (including phenoxy) is 2. The zero-order valence-electron chi connectivity index (χ0n) is 13.3. The normalized spacial score (nSPS) is 10.8. The van der Waals surface area contributed by atoms with Crippen LogP contribution in [0, 0.1) is 12.8 Å². The maximum atomic E-state index is 11.9. The van der Waals surface area contributed by atoms with E-state index in [1.807, 2.05) is 19.1 Å². The van der Waals surface area contributed by atoms with E-state index < -0.39 is 17.9 Å². The van der Waals surface area contributed by atoms with E-state index in [1.165, 1.54) is 0 Å². The fraction of sp³-hybridized carbons (Fsp3) is 0.400. The Labute approximate surface area is 158 Å². The average Bonchev–Trinajstić information content (AvgIpc) is 2.42. The quantitative estimate of drug-likeness (QED) is 0.173. The van der Waals surface area contributed by atoms with Gasteiger partial charge in [0.05, 0.1) is 18.9 Å². The second-order valence-electron chi connectivity index (χ2n) is 4.17. The molecule has 0 aliphatic rings. The van der Waals surface area contributed by atoms with Gasteiger partial charge in [-0.25, -0.2) is 0 Å². The van der Waals surface area contributed by atoms with Crippen LogP contribution in [-0.4, -0.2) is 30.2 Å². The van der Waals surface area contributed by atoms with Gasteiger partial charge in [-0.1, -0.05) is 23.2 Å².